The lowest BCUT2D eigenvalue weighted by Crippen LogP contribution is -2.33. The first-order chi connectivity index (χ1) is 15.6. The van der Waals surface area contributed by atoms with E-state index in [4.69, 9.17) is 14.2 Å². The van der Waals surface area contributed by atoms with Crippen molar-refractivity contribution in [3.05, 3.63) is 83.8 Å². The molecule has 1 N–H and O–H groups in total. The maximum absolute atomic E-state index is 14.5. The van der Waals surface area contributed by atoms with Crippen molar-refractivity contribution >= 4 is 28.8 Å². The maximum atomic E-state index is 14.5. The summed E-state index contributed by atoms with van der Waals surface area (Å²) >= 11 is 0. The van der Waals surface area contributed by atoms with Gasteiger partial charge < -0.3 is 19.5 Å². The summed E-state index contributed by atoms with van der Waals surface area (Å²) in [6.07, 6.45) is 0. The van der Waals surface area contributed by atoms with E-state index >= 15 is 0 Å². The molecule has 0 bridgehead atoms. The molecule has 0 aliphatic carbocycles. The summed E-state index contributed by atoms with van der Waals surface area (Å²) < 4.78 is 30.7. The van der Waals surface area contributed by atoms with Gasteiger partial charge in [0.1, 0.15) is 17.3 Å². The molecule has 8 heteroatoms. The zero-order valence-corrected chi connectivity index (χ0v) is 16.9. The van der Waals surface area contributed by atoms with E-state index in [1.54, 1.807) is 48.5 Å². The summed E-state index contributed by atoms with van der Waals surface area (Å²) in [5.74, 6) is -0.526. The highest BCUT2D eigenvalue weighted by molar-refractivity contribution is 6.46. The van der Waals surface area contributed by atoms with Gasteiger partial charge in [-0.3, -0.25) is 9.59 Å². The average molecular weight is 432 g/mol. The van der Waals surface area contributed by atoms with Gasteiger partial charge in [-0.15, -0.1) is 0 Å². The van der Waals surface area contributed by atoms with Crippen LogP contribution in [0.25, 0.3) is 5.57 Å². The first-order valence-electron chi connectivity index (χ1n) is 9.76. The van der Waals surface area contributed by atoms with E-state index in [9.17, 15) is 14.0 Å². The Hall–Kier alpha value is -4.33. The van der Waals surface area contributed by atoms with Crippen molar-refractivity contribution < 1.29 is 28.2 Å². The Labute approximate surface area is 182 Å². The van der Waals surface area contributed by atoms with Gasteiger partial charge in [-0.2, -0.15) is 0 Å². The number of nitrogens with one attached hydrogen (secondary N) is 1. The molecule has 0 saturated heterocycles. The number of nitrogens with zero attached hydrogens (tertiary/aromatic N) is 1. The summed E-state index contributed by atoms with van der Waals surface area (Å²) in [7, 11) is 1.47. The molecule has 3 aromatic rings. The highest BCUT2D eigenvalue weighted by Crippen LogP contribution is 2.39. The first-order valence-corrected chi connectivity index (χ1v) is 9.76. The summed E-state index contributed by atoms with van der Waals surface area (Å²) in [6, 6.07) is 17.5. The van der Waals surface area contributed by atoms with E-state index in [-0.39, 0.29) is 23.8 Å². The molecule has 0 unspecified atom stereocenters. The second-order valence-electron chi connectivity index (χ2n) is 7.04. The number of ether oxygens (including phenoxy) is 3. The van der Waals surface area contributed by atoms with Gasteiger partial charge in [0, 0.05) is 17.3 Å². The van der Waals surface area contributed by atoms with E-state index in [0.29, 0.717) is 28.5 Å². The number of methoxy groups -OCH3 is 1. The Balaban J connectivity index is 1.64. The number of rotatable bonds is 5. The number of halogens is 1. The normalized spacial score (nSPS) is 14.9. The van der Waals surface area contributed by atoms with Crippen molar-refractivity contribution in [3.63, 3.8) is 0 Å². The van der Waals surface area contributed by atoms with E-state index < -0.39 is 17.6 Å². The van der Waals surface area contributed by atoms with Crippen molar-refractivity contribution in [2.24, 2.45) is 0 Å². The number of imide groups is 1. The molecule has 0 spiro atoms. The molecule has 2 heterocycles. The highest BCUT2D eigenvalue weighted by Gasteiger charge is 2.42. The number of fused-ring (bicyclic) bond motifs is 1. The summed E-state index contributed by atoms with van der Waals surface area (Å²) in [5, 5.41) is 3.02. The third-order valence-corrected chi connectivity index (χ3v) is 5.20. The third-order valence-electron chi connectivity index (χ3n) is 5.20. The van der Waals surface area contributed by atoms with Crippen molar-refractivity contribution in [3.8, 4) is 17.2 Å². The Morgan fingerprint density at radius 2 is 1.69 bits per heavy atom. The minimum Gasteiger partial charge on any atom is -0.496 e. The van der Waals surface area contributed by atoms with Crippen LogP contribution in [0.1, 0.15) is 5.56 Å². The molecule has 0 saturated carbocycles. The van der Waals surface area contributed by atoms with Gasteiger partial charge >= 0.3 is 0 Å². The molecular weight excluding hydrogens is 415 g/mol. The quantitative estimate of drug-likeness (QED) is 0.615. The molecular formula is C24H17FN2O5. The number of amides is 2. The molecule has 2 aliphatic heterocycles. The topological polar surface area (TPSA) is 77.1 Å². The lowest BCUT2D eigenvalue weighted by atomic mass is 10.0. The number of carbonyl (C=O) groups excluding carboxylic acids is 2. The Morgan fingerprint density at radius 1 is 0.938 bits per heavy atom. The largest absolute Gasteiger partial charge is 0.496 e. The van der Waals surface area contributed by atoms with E-state index in [2.05, 4.69) is 5.32 Å². The minimum atomic E-state index is -0.682. The molecule has 32 heavy (non-hydrogen) atoms. The fourth-order valence-electron chi connectivity index (χ4n) is 3.72. The average Bonchev–Trinajstić information content (AvgIpc) is 3.36. The lowest BCUT2D eigenvalue weighted by Gasteiger charge is -2.16. The predicted molar refractivity (Wildman–Crippen MR) is 115 cm³/mol. The van der Waals surface area contributed by atoms with Gasteiger partial charge in [-0.1, -0.05) is 30.3 Å². The number of hydrogen-bond donors (Lipinski definition) is 1. The standard InChI is InChI=1S/C24H17FN2O5/c1-30-18-9-5-2-6-15(18)21-22(26-14-10-11-19-20(12-14)32-13-31-19)24(29)27(23(21)28)17-8-4-3-7-16(17)25/h2-12,26H,13H2,1H3. The fourth-order valence-corrected chi connectivity index (χ4v) is 3.72. The van der Waals surface area contributed by atoms with Crippen molar-refractivity contribution in [2.45, 2.75) is 0 Å². The van der Waals surface area contributed by atoms with E-state index in [1.807, 2.05) is 0 Å². The van der Waals surface area contributed by atoms with Crippen LogP contribution >= 0.6 is 0 Å². The molecule has 0 atom stereocenters. The fraction of sp³-hybridized carbons (Fsp3) is 0.0833. The Kier molecular flexibility index (Phi) is 4.74. The molecule has 2 amide bonds. The molecule has 160 valence electrons. The predicted octanol–water partition coefficient (Wildman–Crippen LogP) is 3.96. The van der Waals surface area contributed by atoms with Crippen LogP contribution in [0, 0.1) is 5.82 Å². The van der Waals surface area contributed by atoms with Crippen LogP contribution in [0.15, 0.2) is 72.4 Å². The summed E-state index contributed by atoms with van der Waals surface area (Å²) in [5.41, 5.74) is 0.871. The second-order valence-corrected chi connectivity index (χ2v) is 7.04. The van der Waals surface area contributed by atoms with Crippen LogP contribution in [0.5, 0.6) is 17.2 Å². The molecule has 0 aromatic heterocycles. The van der Waals surface area contributed by atoms with Crippen molar-refractivity contribution in [1.29, 1.82) is 0 Å². The van der Waals surface area contributed by atoms with Gasteiger partial charge in [0.05, 0.1) is 18.4 Å². The zero-order chi connectivity index (χ0) is 22.2. The van der Waals surface area contributed by atoms with E-state index in [1.165, 1.54) is 25.3 Å². The molecule has 0 fully saturated rings. The molecule has 7 nitrogen and oxygen atoms in total. The molecule has 3 aromatic carbocycles. The van der Waals surface area contributed by atoms with Crippen LogP contribution in [-0.2, 0) is 9.59 Å². The maximum Gasteiger partial charge on any atom is 0.282 e. The van der Waals surface area contributed by atoms with Gasteiger partial charge in [-0.05, 0) is 30.3 Å². The van der Waals surface area contributed by atoms with Crippen LogP contribution in [0.3, 0.4) is 0 Å². The SMILES string of the molecule is COc1ccccc1C1=C(Nc2ccc3c(c2)OCO3)C(=O)N(c2ccccc2F)C1=O. The first kappa shape index (κ1) is 19.6. The number of hydrogen-bond acceptors (Lipinski definition) is 6. The zero-order valence-electron chi connectivity index (χ0n) is 16.9. The van der Waals surface area contributed by atoms with Gasteiger partial charge in [0.25, 0.3) is 11.8 Å². The monoisotopic (exact) mass is 432 g/mol. The second kappa shape index (κ2) is 7.73. The van der Waals surface area contributed by atoms with Crippen LogP contribution < -0.4 is 24.4 Å². The number of carbonyl (C=O) groups is 2. The van der Waals surface area contributed by atoms with Crippen LogP contribution in [-0.4, -0.2) is 25.7 Å². The van der Waals surface area contributed by atoms with Crippen molar-refractivity contribution in [1.82, 2.24) is 0 Å². The van der Waals surface area contributed by atoms with Gasteiger partial charge in [0.15, 0.2) is 11.5 Å². The van der Waals surface area contributed by atoms with Crippen LogP contribution in [0.4, 0.5) is 15.8 Å². The van der Waals surface area contributed by atoms with Crippen molar-refractivity contribution in [2.75, 3.05) is 24.1 Å². The molecule has 2 aliphatic rings. The Bertz CT molecular complexity index is 1290. The van der Waals surface area contributed by atoms with E-state index in [0.717, 1.165) is 4.90 Å². The number of benzene rings is 3. The van der Waals surface area contributed by atoms with Gasteiger partial charge in [-0.25, -0.2) is 9.29 Å². The Morgan fingerprint density at radius 3 is 2.50 bits per heavy atom. The molecule has 0 radical (unpaired) electrons. The highest BCUT2D eigenvalue weighted by atomic mass is 19.1. The minimum absolute atomic E-state index is 0.00150. The summed E-state index contributed by atoms with van der Waals surface area (Å²) in [6.45, 7) is 0.104. The number of para-hydroxylation sites is 2. The summed E-state index contributed by atoms with van der Waals surface area (Å²) in [4.78, 5) is 27.7. The smallest absolute Gasteiger partial charge is 0.282 e. The van der Waals surface area contributed by atoms with Crippen LogP contribution in [0.2, 0.25) is 0 Å². The molecule has 5 rings (SSSR count). The number of anilines is 2. The van der Waals surface area contributed by atoms with Gasteiger partial charge in [0.2, 0.25) is 6.79 Å². The lowest BCUT2D eigenvalue weighted by molar-refractivity contribution is -0.120. The third kappa shape index (κ3) is 3.13.